The highest BCUT2D eigenvalue weighted by atomic mass is 16.8. The van der Waals surface area contributed by atoms with Crippen LogP contribution in [0, 0.1) is 11.8 Å². The number of esters is 1. The third-order valence-corrected chi connectivity index (χ3v) is 4.83. The van der Waals surface area contributed by atoms with Crippen molar-refractivity contribution in [2.24, 2.45) is 11.8 Å². The number of cyclic esters (lactones) is 1. The van der Waals surface area contributed by atoms with Crippen molar-refractivity contribution in [3.63, 3.8) is 0 Å². The van der Waals surface area contributed by atoms with Crippen LogP contribution in [0.15, 0.2) is 0 Å². The first kappa shape index (κ1) is 16.1. The van der Waals surface area contributed by atoms with Crippen molar-refractivity contribution in [2.45, 2.75) is 50.3 Å². The van der Waals surface area contributed by atoms with Gasteiger partial charge in [-0.1, -0.05) is 0 Å². The molecule has 126 valence electrons. The maximum Gasteiger partial charge on any atom is 0.308 e. The zero-order chi connectivity index (χ0) is 15.5. The first-order chi connectivity index (χ1) is 10.7. The van der Waals surface area contributed by atoms with Crippen LogP contribution in [0.5, 0.6) is 0 Å². The van der Waals surface area contributed by atoms with Crippen molar-refractivity contribution in [1.29, 1.82) is 0 Å². The Balaban J connectivity index is 1.73. The van der Waals surface area contributed by atoms with E-state index >= 15 is 0 Å². The molecule has 0 aromatic rings. The molecule has 2 saturated heterocycles. The van der Waals surface area contributed by atoms with Crippen LogP contribution < -0.4 is 0 Å². The fourth-order valence-electron chi connectivity index (χ4n) is 3.71. The largest absolute Gasteiger partial charge is 0.438 e. The SMILES string of the molecule is COC1OCOC(=O)C[C@@H]2[C@H]1[C@H](OC1CCOCC1)C[C@@H]2O. The van der Waals surface area contributed by atoms with Crippen molar-refractivity contribution in [2.75, 3.05) is 27.1 Å². The molecule has 0 radical (unpaired) electrons. The second-order valence-corrected chi connectivity index (χ2v) is 6.14. The van der Waals surface area contributed by atoms with E-state index in [1.54, 1.807) is 7.11 Å². The zero-order valence-electron chi connectivity index (χ0n) is 12.8. The van der Waals surface area contributed by atoms with Gasteiger partial charge in [-0.25, -0.2) is 0 Å². The number of fused-ring (bicyclic) bond motifs is 1. The van der Waals surface area contributed by atoms with Gasteiger partial charge in [-0.3, -0.25) is 4.79 Å². The summed E-state index contributed by atoms with van der Waals surface area (Å²) in [6, 6.07) is 0. The van der Waals surface area contributed by atoms with Crippen LogP contribution in [-0.4, -0.2) is 62.8 Å². The Morgan fingerprint density at radius 1 is 1.27 bits per heavy atom. The summed E-state index contributed by atoms with van der Waals surface area (Å²) < 4.78 is 27.4. The van der Waals surface area contributed by atoms with Gasteiger partial charge in [0.25, 0.3) is 0 Å². The summed E-state index contributed by atoms with van der Waals surface area (Å²) in [5.41, 5.74) is 0. The molecule has 2 heterocycles. The van der Waals surface area contributed by atoms with Gasteiger partial charge in [0.1, 0.15) is 0 Å². The fourth-order valence-corrected chi connectivity index (χ4v) is 3.71. The van der Waals surface area contributed by atoms with Crippen molar-refractivity contribution < 1.29 is 33.6 Å². The van der Waals surface area contributed by atoms with E-state index in [-0.39, 0.29) is 43.2 Å². The van der Waals surface area contributed by atoms with Gasteiger partial charge in [0.15, 0.2) is 13.1 Å². The van der Waals surface area contributed by atoms with Crippen LogP contribution in [0.25, 0.3) is 0 Å². The van der Waals surface area contributed by atoms with Crippen LogP contribution in [-0.2, 0) is 28.5 Å². The molecule has 0 aromatic heterocycles. The third-order valence-electron chi connectivity index (χ3n) is 4.83. The molecule has 1 saturated carbocycles. The van der Waals surface area contributed by atoms with Crippen LogP contribution in [0.2, 0.25) is 0 Å². The Morgan fingerprint density at radius 2 is 2.05 bits per heavy atom. The quantitative estimate of drug-likeness (QED) is 0.756. The van der Waals surface area contributed by atoms with E-state index in [0.29, 0.717) is 19.6 Å². The van der Waals surface area contributed by atoms with E-state index < -0.39 is 12.4 Å². The molecule has 0 bridgehead atoms. The topological polar surface area (TPSA) is 83.5 Å². The molecule has 7 heteroatoms. The maximum atomic E-state index is 11.7. The zero-order valence-corrected chi connectivity index (χ0v) is 12.8. The molecule has 3 rings (SSSR count). The monoisotopic (exact) mass is 316 g/mol. The average molecular weight is 316 g/mol. The van der Waals surface area contributed by atoms with E-state index in [4.69, 9.17) is 23.7 Å². The molecule has 0 aromatic carbocycles. The van der Waals surface area contributed by atoms with Gasteiger partial charge >= 0.3 is 5.97 Å². The lowest BCUT2D eigenvalue weighted by Crippen LogP contribution is -2.42. The Bertz CT molecular complexity index is 382. The summed E-state index contributed by atoms with van der Waals surface area (Å²) in [5, 5.41) is 10.3. The van der Waals surface area contributed by atoms with Gasteiger partial charge < -0.3 is 28.8 Å². The number of methoxy groups -OCH3 is 1. The van der Waals surface area contributed by atoms with Crippen LogP contribution in [0.3, 0.4) is 0 Å². The lowest BCUT2D eigenvalue weighted by molar-refractivity contribution is -0.240. The molecular weight excluding hydrogens is 292 g/mol. The number of hydrogen-bond donors (Lipinski definition) is 1. The Morgan fingerprint density at radius 3 is 2.77 bits per heavy atom. The van der Waals surface area contributed by atoms with Crippen molar-refractivity contribution in [3.05, 3.63) is 0 Å². The van der Waals surface area contributed by atoms with E-state index in [0.717, 1.165) is 12.8 Å². The molecule has 3 aliphatic rings. The van der Waals surface area contributed by atoms with Crippen LogP contribution in [0.4, 0.5) is 0 Å². The summed E-state index contributed by atoms with van der Waals surface area (Å²) >= 11 is 0. The van der Waals surface area contributed by atoms with Crippen LogP contribution >= 0.6 is 0 Å². The van der Waals surface area contributed by atoms with Gasteiger partial charge in [0, 0.05) is 38.6 Å². The lowest BCUT2D eigenvalue weighted by Gasteiger charge is -2.35. The molecule has 7 nitrogen and oxygen atoms in total. The molecule has 0 spiro atoms. The molecule has 22 heavy (non-hydrogen) atoms. The molecular formula is C15H24O7. The highest BCUT2D eigenvalue weighted by molar-refractivity contribution is 5.69. The lowest BCUT2D eigenvalue weighted by atomic mass is 9.89. The van der Waals surface area contributed by atoms with Crippen LogP contribution in [0.1, 0.15) is 25.7 Å². The summed E-state index contributed by atoms with van der Waals surface area (Å²) in [6.07, 6.45) is 1.15. The minimum absolute atomic E-state index is 0.124. The first-order valence-corrected chi connectivity index (χ1v) is 7.90. The normalized spacial score (nSPS) is 40.6. The van der Waals surface area contributed by atoms with Gasteiger partial charge in [0.2, 0.25) is 0 Å². The maximum absolute atomic E-state index is 11.7. The van der Waals surface area contributed by atoms with Gasteiger partial charge in [-0.15, -0.1) is 0 Å². The second-order valence-electron chi connectivity index (χ2n) is 6.14. The summed E-state index contributed by atoms with van der Waals surface area (Å²) in [6.45, 7) is 1.27. The second kappa shape index (κ2) is 7.23. The van der Waals surface area contributed by atoms with Gasteiger partial charge in [-0.05, 0) is 12.8 Å². The van der Waals surface area contributed by atoms with Crippen molar-refractivity contribution in [1.82, 2.24) is 0 Å². The van der Waals surface area contributed by atoms with E-state index in [9.17, 15) is 9.90 Å². The number of rotatable bonds is 3. The average Bonchev–Trinajstić information content (AvgIpc) is 2.78. The molecule has 1 unspecified atom stereocenters. The first-order valence-electron chi connectivity index (χ1n) is 7.90. The molecule has 3 fully saturated rings. The number of carbonyl (C=O) groups excluding carboxylic acids is 1. The minimum Gasteiger partial charge on any atom is -0.438 e. The molecule has 1 N–H and O–H groups in total. The Kier molecular flexibility index (Phi) is 5.30. The minimum atomic E-state index is -0.609. The number of carbonyl (C=O) groups is 1. The highest BCUT2D eigenvalue weighted by Crippen LogP contribution is 2.42. The summed E-state index contributed by atoms with van der Waals surface area (Å²) in [5.74, 6) is -0.784. The predicted octanol–water partition coefficient (Wildman–Crippen LogP) is 0.441. The summed E-state index contributed by atoms with van der Waals surface area (Å²) in [7, 11) is 1.56. The highest BCUT2D eigenvalue weighted by Gasteiger charge is 2.50. The Hall–Kier alpha value is -0.730. The number of hydrogen-bond acceptors (Lipinski definition) is 7. The molecule has 2 aliphatic heterocycles. The third kappa shape index (κ3) is 3.44. The number of aliphatic hydroxyl groups excluding tert-OH is 1. The Labute approximate surface area is 129 Å². The standard InChI is InChI=1S/C15H24O7/c1-18-15-14-10(6-13(17)20-8-21-15)11(16)7-12(14)22-9-2-4-19-5-3-9/h9-12,14-16H,2-8H2,1H3/t10-,11-,12+,14-,15?/m0/s1. The molecule has 0 amide bonds. The van der Waals surface area contributed by atoms with E-state index in [2.05, 4.69) is 0 Å². The van der Waals surface area contributed by atoms with Gasteiger partial charge in [0.05, 0.1) is 24.7 Å². The van der Waals surface area contributed by atoms with Crippen molar-refractivity contribution in [3.8, 4) is 0 Å². The fraction of sp³-hybridized carbons (Fsp3) is 0.933. The molecule has 1 aliphatic carbocycles. The number of ether oxygens (including phenoxy) is 5. The van der Waals surface area contributed by atoms with E-state index in [1.807, 2.05) is 0 Å². The smallest absolute Gasteiger partial charge is 0.308 e. The predicted molar refractivity (Wildman–Crippen MR) is 73.8 cm³/mol. The number of aliphatic hydroxyl groups is 1. The van der Waals surface area contributed by atoms with E-state index in [1.165, 1.54) is 0 Å². The molecule has 5 atom stereocenters. The summed E-state index contributed by atoms with van der Waals surface area (Å²) in [4.78, 5) is 11.7. The van der Waals surface area contributed by atoms with Gasteiger partial charge in [-0.2, -0.15) is 0 Å². The van der Waals surface area contributed by atoms with Crippen molar-refractivity contribution >= 4 is 5.97 Å².